The van der Waals surface area contributed by atoms with Crippen LogP contribution in [-0.4, -0.2) is 23.0 Å². The van der Waals surface area contributed by atoms with Crippen molar-refractivity contribution < 1.29 is 9.53 Å². The highest BCUT2D eigenvalue weighted by atomic mass is 16.5. The fraction of sp³-hybridized carbons (Fsp3) is 0.412. The second-order valence-electron chi connectivity index (χ2n) is 5.90. The normalized spacial score (nSPS) is 28.7. The third kappa shape index (κ3) is 2.02. The second-order valence-corrected chi connectivity index (χ2v) is 5.90. The zero-order valence-corrected chi connectivity index (χ0v) is 11.3. The van der Waals surface area contributed by atoms with Gasteiger partial charge in [0.2, 0.25) is 0 Å². The van der Waals surface area contributed by atoms with Gasteiger partial charge in [-0.3, -0.25) is 9.78 Å². The van der Waals surface area contributed by atoms with E-state index < -0.39 is 0 Å². The molecule has 0 N–H and O–H groups in total. The van der Waals surface area contributed by atoms with Crippen molar-refractivity contribution in [2.45, 2.75) is 37.9 Å². The van der Waals surface area contributed by atoms with Gasteiger partial charge in [-0.25, -0.2) is 0 Å². The van der Waals surface area contributed by atoms with Gasteiger partial charge in [0.15, 0.2) is 5.78 Å². The molecule has 0 saturated carbocycles. The first-order valence-corrected chi connectivity index (χ1v) is 7.34. The Balaban J connectivity index is 1.63. The van der Waals surface area contributed by atoms with Crippen LogP contribution in [-0.2, 0) is 4.74 Å². The van der Waals surface area contributed by atoms with E-state index in [1.54, 1.807) is 6.20 Å². The molecule has 102 valence electrons. The summed E-state index contributed by atoms with van der Waals surface area (Å²) in [5.74, 6) is 0.389. The Morgan fingerprint density at radius 2 is 1.95 bits per heavy atom. The van der Waals surface area contributed by atoms with E-state index in [1.807, 2.05) is 30.3 Å². The number of Topliss-reactive ketones (excluding diaryl/α,β-unsaturated/α-hetero) is 1. The highest BCUT2D eigenvalue weighted by molar-refractivity contribution is 6.00. The third-order valence-electron chi connectivity index (χ3n) is 4.55. The molecule has 2 unspecified atom stereocenters. The number of nitrogens with zero attached hydrogens (tertiary/aromatic N) is 1. The number of hydrogen-bond donors (Lipinski definition) is 0. The summed E-state index contributed by atoms with van der Waals surface area (Å²) in [6.45, 7) is 0. The molecule has 1 aromatic carbocycles. The molecule has 2 bridgehead atoms. The fourth-order valence-electron chi connectivity index (χ4n) is 3.53. The minimum Gasteiger partial charge on any atom is -0.375 e. The van der Waals surface area contributed by atoms with E-state index in [0.717, 1.165) is 42.1 Å². The van der Waals surface area contributed by atoms with Crippen molar-refractivity contribution in [3.05, 3.63) is 42.1 Å². The molecule has 3 heterocycles. The molecule has 0 amide bonds. The van der Waals surface area contributed by atoms with Gasteiger partial charge in [-0.2, -0.15) is 0 Å². The largest absolute Gasteiger partial charge is 0.375 e. The number of carbonyl (C=O) groups is 1. The lowest BCUT2D eigenvalue weighted by Gasteiger charge is -2.27. The van der Waals surface area contributed by atoms with E-state index in [-0.39, 0.29) is 11.7 Å². The fourth-order valence-corrected chi connectivity index (χ4v) is 3.53. The van der Waals surface area contributed by atoms with Crippen molar-refractivity contribution in [1.82, 2.24) is 4.98 Å². The van der Waals surface area contributed by atoms with Gasteiger partial charge in [-0.1, -0.05) is 18.2 Å². The SMILES string of the molecule is O=C(c1ccc2cccnc2c1)C1CC2CCC(C1)O2. The lowest BCUT2D eigenvalue weighted by molar-refractivity contribution is -0.0149. The molecule has 1 aromatic heterocycles. The summed E-state index contributed by atoms with van der Waals surface area (Å²) in [4.78, 5) is 17.0. The zero-order chi connectivity index (χ0) is 13.5. The minimum absolute atomic E-state index is 0.127. The van der Waals surface area contributed by atoms with Crippen LogP contribution in [0.1, 0.15) is 36.0 Å². The van der Waals surface area contributed by atoms with Crippen LogP contribution >= 0.6 is 0 Å². The molecule has 2 aliphatic heterocycles. The molecule has 0 radical (unpaired) electrons. The number of ketones is 1. The Hall–Kier alpha value is -1.74. The Bertz CT molecular complexity index is 655. The van der Waals surface area contributed by atoms with Crippen LogP contribution in [0.2, 0.25) is 0 Å². The topological polar surface area (TPSA) is 39.2 Å². The Labute approximate surface area is 118 Å². The molecule has 3 nitrogen and oxygen atoms in total. The van der Waals surface area contributed by atoms with Crippen molar-refractivity contribution in [2.24, 2.45) is 5.92 Å². The molecule has 3 heteroatoms. The van der Waals surface area contributed by atoms with E-state index in [9.17, 15) is 4.79 Å². The molecule has 4 rings (SSSR count). The smallest absolute Gasteiger partial charge is 0.166 e. The summed E-state index contributed by atoms with van der Waals surface area (Å²) in [5.41, 5.74) is 1.69. The van der Waals surface area contributed by atoms with E-state index in [0.29, 0.717) is 12.2 Å². The predicted molar refractivity (Wildman–Crippen MR) is 76.7 cm³/mol. The molecule has 2 aromatic rings. The summed E-state index contributed by atoms with van der Waals surface area (Å²) in [5, 5.41) is 1.08. The quantitative estimate of drug-likeness (QED) is 0.783. The van der Waals surface area contributed by atoms with Gasteiger partial charge in [0.25, 0.3) is 0 Å². The van der Waals surface area contributed by atoms with Gasteiger partial charge in [0, 0.05) is 23.1 Å². The van der Waals surface area contributed by atoms with Gasteiger partial charge in [-0.05, 0) is 37.8 Å². The average molecular weight is 267 g/mol. The van der Waals surface area contributed by atoms with Crippen LogP contribution in [0.15, 0.2) is 36.5 Å². The van der Waals surface area contributed by atoms with Crippen LogP contribution in [0.4, 0.5) is 0 Å². The Morgan fingerprint density at radius 3 is 2.75 bits per heavy atom. The van der Waals surface area contributed by atoms with Gasteiger partial charge in [0.1, 0.15) is 0 Å². The number of aromatic nitrogens is 1. The van der Waals surface area contributed by atoms with Crippen molar-refractivity contribution in [1.29, 1.82) is 0 Å². The van der Waals surface area contributed by atoms with Crippen LogP contribution in [0.3, 0.4) is 0 Å². The highest BCUT2D eigenvalue weighted by Crippen LogP contribution is 2.37. The summed E-state index contributed by atoms with van der Waals surface area (Å²) >= 11 is 0. The first-order valence-electron chi connectivity index (χ1n) is 7.34. The molecular formula is C17H17NO2. The summed E-state index contributed by atoms with van der Waals surface area (Å²) in [6.07, 6.45) is 6.39. The Kier molecular flexibility index (Phi) is 2.81. The first kappa shape index (κ1) is 12.0. The lowest BCUT2D eigenvalue weighted by atomic mass is 9.88. The summed E-state index contributed by atoms with van der Waals surface area (Å²) < 4.78 is 5.82. The predicted octanol–water partition coefficient (Wildman–Crippen LogP) is 3.38. The van der Waals surface area contributed by atoms with Crippen LogP contribution < -0.4 is 0 Å². The lowest BCUT2D eigenvalue weighted by Crippen LogP contribution is -2.30. The second kappa shape index (κ2) is 4.67. The number of hydrogen-bond acceptors (Lipinski definition) is 3. The van der Waals surface area contributed by atoms with Crippen molar-refractivity contribution in [3.63, 3.8) is 0 Å². The molecule has 2 atom stereocenters. The molecule has 2 fully saturated rings. The number of fused-ring (bicyclic) bond motifs is 3. The summed E-state index contributed by atoms with van der Waals surface area (Å²) in [6, 6.07) is 9.79. The molecular weight excluding hydrogens is 250 g/mol. The monoisotopic (exact) mass is 267 g/mol. The standard InChI is InChI=1S/C17H17NO2/c19-17(13-8-14-5-6-15(9-13)20-14)12-4-3-11-2-1-7-18-16(11)10-12/h1-4,7,10,13-15H,5-6,8-9H2. The van der Waals surface area contributed by atoms with Crippen molar-refractivity contribution in [2.75, 3.05) is 0 Å². The van der Waals surface area contributed by atoms with Gasteiger partial charge >= 0.3 is 0 Å². The molecule has 2 aliphatic rings. The third-order valence-corrected chi connectivity index (χ3v) is 4.55. The average Bonchev–Trinajstić information content (AvgIpc) is 2.84. The van der Waals surface area contributed by atoms with E-state index in [4.69, 9.17) is 4.74 Å². The molecule has 20 heavy (non-hydrogen) atoms. The van der Waals surface area contributed by atoms with E-state index in [1.165, 1.54) is 0 Å². The number of ether oxygens (including phenoxy) is 1. The summed E-state index contributed by atoms with van der Waals surface area (Å²) in [7, 11) is 0. The first-order chi connectivity index (χ1) is 9.79. The minimum atomic E-state index is 0.127. The zero-order valence-electron chi connectivity index (χ0n) is 11.3. The number of carbonyl (C=O) groups excluding carboxylic acids is 1. The van der Waals surface area contributed by atoms with Crippen molar-refractivity contribution >= 4 is 16.7 Å². The molecule has 0 spiro atoms. The van der Waals surface area contributed by atoms with Gasteiger partial charge in [0.05, 0.1) is 17.7 Å². The van der Waals surface area contributed by atoms with Gasteiger partial charge < -0.3 is 4.74 Å². The number of rotatable bonds is 2. The van der Waals surface area contributed by atoms with Crippen LogP contribution in [0.5, 0.6) is 0 Å². The molecule has 2 saturated heterocycles. The number of benzene rings is 1. The Morgan fingerprint density at radius 1 is 1.15 bits per heavy atom. The van der Waals surface area contributed by atoms with E-state index in [2.05, 4.69) is 4.98 Å². The van der Waals surface area contributed by atoms with Gasteiger partial charge in [-0.15, -0.1) is 0 Å². The van der Waals surface area contributed by atoms with Crippen LogP contribution in [0.25, 0.3) is 10.9 Å². The van der Waals surface area contributed by atoms with Crippen LogP contribution in [0, 0.1) is 5.92 Å². The maximum Gasteiger partial charge on any atom is 0.166 e. The van der Waals surface area contributed by atoms with Crippen molar-refractivity contribution in [3.8, 4) is 0 Å². The highest BCUT2D eigenvalue weighted by Gasteiger charge is 2.38. The maximum atomic E-state index is 12.7. The molecule has 0 aliphatic carbocycles. The maximum absolute atomic E-state index is 12.7. The number of pyridine rings is 1. The van der Waals surface area contributed by atoms with E-state index >= 15 is 0 Å².